The highest BCUT2D eigenvalue weighted by molar-refractivity contribution is 7.94. The number of methoxy groups -OCH3 is 1. The van der Waals surface area contributed by atoms with Gasteiger partial charge in [0.05, 0.1) is 22.6 Å². The average Bonchev–Trinajstić information content (AvgIpc) is 3.44. The van der Waals surface area contributed by atoms with Crippen LogP contribution in [0.25, 0.3) is 0 Å². The third kappa shape index (κ3) is 3.35. The fourth-order valence-corrected chi connectivity index (χ4v) is 4.72. The smallest absolute Gasteiger partial charge is 0.271 e. The van der Waals surface area contributed by atoms with Gasteiger partial charge in [-0.1, -0.05) is 11.6 Å². The van der Waals surface area contributed by atoms with E-state index in [1.165, 1.54) is 43.5 Å². The SMILES string of the molecule is COc1ccc([N+](=O)[O-])cc1NC(=O)C1(S(=O)(=O)c2ccc(Cl)cc2)CC1. The van der Waals surface area contributed by atoms with Crippen LogP contribution in [0.1, 0.15) is 12.8 Å². The van der Waals surface area contributed by atoms with Crippen molar-refractivity contribution in [1.82, 2.24) is 0 Å². The van der Waals surface area contributed by atoms with Gasteiger partial charge in [-0.3, -0.25) is 14.9 Å². The van der Waals surface area contributed by atoms with Gasteiger partial charge in [-0.2, -0.15) is 0 Å². The first kappa shape index (κ1) is 19.1. The van der Waals surface area contributed by atoms with Gasteiger partial charge in [-0.05, 0) is 43.2 Å². The fourth-order valence-electron chi connectivity index (χ4n) is 2.71. The number of benzene rings is 2. The molecule has 8 nitrogen and oxygen atoms in total. The molecule has 1 N–H and O–H groups in total. The highest BCUT2D eigenvalue weighted by atomic mass is 35.5. The van der Waals surface area contributed by atoms with Gasteiger partial charge in [-0.25, -0.2) is 8.42 Å². The van der Waals surface area contributed by atoms with Gasteiger partial charge >= 0.3 is 0 Å². The zero-order valence-electron chi connectivity index (χ0n) is 14.1. The maximum atomic E-state index is 12.9. The predicted molar refractivity (Wildman–Crippen MR) is 98.9 cm³/mol. The molecule has 0 atom stereocenters. The van der Waals surface area contributed by atoms with Crippen LogP contribution in [-0.4, -0.2) is 31.1 Å². The molecule has 2 aromatic carbocycles. The second kappa shape index (κ2) is 6.82. The number of nitro benzene ring substituents is 1. The number of rotatable bonds is 6. The highest BCUT2D eigenvalue weighted by Crippen LogP contribution is 2.48. The number of nitrogens with zero attached hydrogens (tertiary/aromatic N) is 1. The molecule has 0 unspecified atom stereocenters. The molecule has 0 heterocycles. The number of sulfone groups is 1. The van der Waals surface area contributed by atoms with Crippen LogP contribution in [0.5, 0.6) is 5.75 Å². The molecule has 0 aromatic heterocycles. The Balaban J connectivity index is 1.93. The van der Waals surface area contributed by atoms with Gasteiger partial charge in [0.25, 0.3) is 5.69 Å². The lowest BCUT2D eigenvalue weighted by Gasteiger charge is -2.17. The third-order valence-electron chi connectivity index (χ3n) is 4.40. The third-order valence-corrected chi connectivity index (χ3v) is 7.17. The van der Waals surface area contributed by atoms with Crippen LogP contribution in [-0.2, 0) is 14.6 Å². The maximum Gasteiger partial charge on any atom is 0.271 e. The van der Waals surface area contributed by atoms with E-state index in [9.17, 15) is 23.3 Å². The van der Waals surface area contributed by atoms with Gasteiger partial charge in [0.1, 0.15) is 5.75 Å². The molecule has 1 aliphatic carbocycles. The number of nitro groups is 1. The molecule has 0 bridgehead atoms. The Morgan fingerprint density at radius 3 is 2.37 bits per heavy atom. The molecular weight excluding hydrogens is 396 g/mol. The van der Waals surface area contributed by atoms with Crippen molar-refractivity contribution in [2.75, 3.05) is 12.4 Å². The maximum absolute atomic E-state index is 12.9. The largest absolute Gasteiger partial charge is 0.495 e. The van der Waals surface area contributed by atoms with E-state index in [0.717, 1.165) is 6.07 Å². The highest BCUT2D eigenvalue weighted by Gasteiger charge is 2.61. The number of hydrogen-bond donors (Lipinski definition) is 1. The summed E-state index contributed by atoms with van der Waals surface area (Å²) in [5, 5.41) is 13.8. The van der Waals surface area contributed by atoms with Crippen molar-refractivity contribution in [3.05, 3.63) is 57.6 Å². The van der Waals surface area contributed by atoms with E-state index >= 15 is 0 Å². The summed E-state index contributed by atoms with van der Waals surface area (Å²) in [6.45, 7) is 0. The summed E-state index contributed by atoms with van der Waals surface area (Å²) >= 11 is 5.79. The Hall–Kier alpha value is -2.65. The van der Waals surface area contributed by atoms with Gasteiger partial charge in [0.2, 0.25) is 5.91 Å². The van der Waals surface area contributed by atoms with Crippen molar-refractivity contribution in [1.29, 1.82) is 0 Å². The van der Waals surface area contributed by atoms with Gasteiger partial charge in [-0.15, -0.1) is 0 Å². The second-order valence-corrected chi connectivity index (χ2v) is 8.74. The van der Waals surface area contributed by atoms with Gasteiger partial charge < -0.3 is 10.1 Å². The van der Waals surface area contributed by atoms with Crippen molar-refractivity contribution in [3.63, 3.8) is 0 Å². The summed E-state index contributed by atoms with van der Waals surface area (Å²) < 4.78 is 29.4. The minimum atomic E-state index is -3.95. The van der Waals surface area contributed by atoms with Gasteiger partial charge in [0.15, 0.2) is 14.6 Å². The number of non-ortho nitro benzene ring substituents is 1. The van der Waals surface area contributed by atoms with Crippen molar-refractivity contribution < 1.29 is 22.9 Å². The normalized spacial score (nSPS) is 15.0. The zero-order chi connectivity index (χ0) is 19.8. The Kier molecular flexibility index (Phi) is 4.83. The summed E-state index contributed by atoms with van der Waals surface area (Å²) in [6.07, 6.45) is 0.308. The molecule has 0 radical (unpaired) electrons. The van der Waals surface area contributed by atoms with Crippen LogP contribution < -0.4 is 10.1 Å². The van der Waals surface area contributed by atoms with E-state index in [0.29, 0.717) is 5.02 Å². The number of anilines is 1. The first-order valence-electron chi connectivity index (χ1n) is 7.85. The van der Waals surface area contributed by atoms with E-state index < -0.39 is 25.4 Å². The topological polar surface area (TPSA) is 116 Å². The van der Waals surface area contributed by atoms with Crippen LogP contribution in [0.2, 0.25) is 5.02 Å². The summed E-state index contributed by atoms with van der Waals surface area (Å²) in [5.74, 6) is -0.565. The van der Waals surface area contributed by atoms with Gasteiger partial charge in [0, 0.05) is 17.2 Å². The summed E-state index contributed by atoms with van der Waals surface area (Å²) in [4.78, 5) is 23.1. The predicted octanol–water partition coefficient (Wildman–Crippen LogP) is 3.20. The van der Waals surface area contributed by atoms with E-state index in [4.69, 9.17) is 16.3 Å². The Labute approximate surface area is 160 Å². The Morgan fingerprint density at radius 2 is 1.85 bits per heavy atom. The summed E-state index contributed by atoms with van der Waals surface area (Å²) in [6, 6.07) is 9.25. The van der Waals surface area contributed by atoms with Crippen LogP contribution >= 0.6 is 11.6 Å². The van der Waals surface area contributed by atoms with E-state index in [1.54, 1.807) is 0 Å². The molecule has 0 saturated heterocycles. The lowest BCUT2D eigenvalue weighted by molar-refractivity contribution is -0.384. The average molecular weight is 411 g/mol. The molecular formula is C17H15ClN2O6S. The van der Waals surface area contributed by atoms with Crippen LogP contribution in [0.15, 0.2) is 47.4 Å². The minimum absolute atomic E-state index is 0.00874. The van der Waals surface area contributed by atoms with Crippen LogP contribution in [0.3, 0.4) is 0 Å². The monoisotopic (exact) mass is 410 g/mol. The van der Waals surface area contributed by atoms with E-state index in [2.05, 4.69) is 5.32 Å². The molecule has 142 valence electrons. The molecule has 1 amide bonds. The number of halogens is 1. The Morgan fingerprint density at radius 1 is 1.22 bits per heavy atom. The molecule has 0 aliphatic heterocycles. The summed E-state index contributed by atoms with van der Waals surface area (Å²) in [5.41, 5.74) is -0.217. The van der Waals surface area contributed by atoms with Crippen LogP contribution in [0, 0.1) is 10.1 Å². The first-order valence-corrected chi connectivity index (χ1v) is 9.71. The Bertz CT molecular complexity index is 1020. The van der Waals surface area contributed by atoms with Crippen molar-refractivity contribution in [3.8, 4) is 5.75 Å². The molecule has 27 heavy (non-hydrogen) atoms. The lowest BCUT2D eigenvalue weighted by Crippen LogP contribution is -2.37. The first-order chi connectivity index (χ1) is 12.7. The lowest BCUT2D eigenvalue weighted by atomic mass is 10.2. The summed E-state index contributed by atoms with van der Waals surface area (Å²) in [7, 11) is -2.61. The molecule has 1 aliphatic rings. The fraction of sp³-hybridized carbons (Fsp3) is 0.235. The van der Waals surface area contributed by atoms with Crippen molar-refractivity contribution in [2.45, 2.75) is 22.5 Å². The number of carbonyl (C=O) groups is 1. The number of nitrogens with one attached hydrogen (secondary N) is 1. The minimum Gasteiger partial charge on any atom is -0.495 e. The van der Waals surface area contributed by atoms with Crippen molar-refractivity contribution >= 4 is 38.7 Å². The number of carbonyl (C=O) groups excluding carboxylic acids is 1. The molecule has 1 fully saturated rings. The molecule has 2 aromatic rings. The number of amides is 1. The number of ether oxygens (including phenoxy) is 1. The second-order valence-electron chi connectivity index (χ2n) is 6.05. The molecule has 10 heteroatoms. The molecule has 1 saturated carbocycles. The van der Waals surface area contributed by atoms with Crippen molar-refractivity contribution in [2.24, 2.45) is 0 Å². The standard InChI is InChI=1S/C17H15ClN2O6S/c1-26-15-7-4-12(20(22)23)10-14(15)19-16(21)17(8-9-17)27(24,25)13-5-2-11(18)3-6-13/h2-7,10H,8-9H2,1H3,(H,19,21). The molecule has 0 spiro atoms. The van der Waals surface area contributed by atoms with Crippen LogP contribution in [0.4, 0.5) is 11.4 Å². The molecule has 3 rings (SSSR count). The zero-order valence-corrected chi connectivity index (χ0v) is 15.7. The van der Waals surface area contributed by atoms with E-state index in [-0.39, 0.29) is 34.9 Å². The quantitative estimate of drug-likeness (QED) is 0.577. The number of hydrogen-bond acceptors (Lipinski definition) is 6. The van der Waals surface area contributed by atoms with E-state index in [1.807, 2.05) is 0 Å².